The van der Waals surface area contributed by atoms with Gasteiger partial charge in [-0.05, 0) is 49.3 Å². The lowest BCUT2D eigenvalue weighted by atomic mass is 9.86. The minimum absolute atomic E-state index is 0.460. The van der Waals surface area contributed by atoms with E-state index in [1.165, 1.54) is 12.8 Å². The fourth-order valence-corrected chi connectivity index (χ4v) is 3.16. The van der Waals surface area contributed by atoms with E-state index in [0.717, 1.165) is 41.2 Å². The smallest absolute Gasteiger partial charge is 0.0762 e. The Kier molecular flexibility index (Phi) is 4.75. The van der Waals surface area contributed by atoms with Gasteiger partial charge >= 0.3 is 0 Å². The highest BCUT2D eigenvalue weighted by atomic mass is 35.5. The van der Waals surface area contributed by atoms with Crippen molar-refractivity contribution in [3.63, 3.8) is 0 Å². The number of hydrogen-bond acceptors (Lipinski definition) is 2. The summed E-state index contributed by atoms with van der Waals surface area (Å²) in [6.45, 7) is 8.54. The normalized spacial score (nSPS) is 18.9. The maximum absolute atomic E-state index is 9.57. The lowest BCUT2D eigenvalue weighted by Gasteiger charge is -2.35. The molecule has 1 aromatic carbocycles. The molecule has 1 fully saturated rings. The maximum Gasteiger partial charge on any atom is 0.0762 e. The van der Waals surface area contributed by atoms with Crippen LogP contribution in [-0.2, 0) is 0 Å². The summed E-state index contributed by atoms with van der Waals surface area (Å²) in [5.74, 6) is 1.61. The molecule has 106 valence electrons. The van der Waals surface area contributed by atoms with Gasteiger partial charge in [0.2, 0.25) is 0 Å². The number of nitrogens with zero attached hydrogens (tertiary/aromatic N) is 1. The van der Waals surface area contributed by atoms with Gasteiger partial charge in [0.25, 0.3) is 0 Å². The summed E-state index contributed by atoms with van der Waals surface area (Å²) in [4.78, 5) is 2.37. The molecule has 1 saturated heterocycles. The van der Waals surface area contributed by atoms with Crippen LogP contribution in [-0.4, -0.2) is 18.2 Å². The second kappa shape index (κ2) is 6.15. The number of halogens is 1. The summed E-state index contributed by atoms with van der Waals surface area (Å²) in [7, 11) is 0. The fraction of sp³-hybridized carbons (Fsp3) is 0.625. The van der Waals surface area contributed by atoms with E-state index in [4.69, 9.17) is 11.6 Å². The molecule has 0 aromatic heterocycles. The third-order valence-electron chi connectivity index (χ3n) is 4.28. The molecule has 0 bridgehead atoms. The van der Waals surface area contributed by atoms with Gasteiger partial charge in [-0.15, -0.1) is 0 Å². The molecule has 2 rings (SSSR count). The number of benzene rings is 1. The highest BCUT2D eigenvalue weighted by molar-refractivity contribution is 6.33. The van der Waals surface area contributed by atoms with Crippen LogP contribution in [0.3, 0.4) is 0 Å². The number of aliphatic hydroxyl groups excluding tert-OH is 1. The molecule has 3 heteroatoms. The molecule has 1 atom stereocenters. The average Bonchev–Trinajstić information content (AvgIpc) is 2.38. The second-order valence-corrected chi connectivity index (χ2v) is 6.36. The first-order chi connectivity index (χ1) is 8.99. The Morgan fingerprint density at radius 3 is 2.32 bits per heavy atom. The van der Waals surface area contributed by atoms with Crippen LogP contribution in [0, 0.1) is 11.8 Å². The Labute approximate surface area is 121 Å². The van der Waals surface area contributed by atoms with Crippen LogP contribution in [0.25, 0.3) is 0 Å². The van der Waals surface area contributed by atoms with Gasteiger partial charge in [0.05, 0.1) is 16.8 Å². The number of aliphatic hydroxyl groups is 1. The quantitative estimate of drug-likeness (QED) is 0.894. The van der Waals surface area contributed by atoms with Crippen molar-refractivity contribution >= 4 is 17.3 Å². The molecule has 0 unspecified atom stereocenters. The molecule has 0 saturated carbocycles. The summed E-state index contributed by atoms with van der Waals surface area (Å²) < 4.78 is 0. The van der Waals surface area contributed by atoms with Crippen LogP contribution in [0.1, 0.15) is 45.3 Å². The van der Waals surface area contributed by atoms with Gasteiger partial charge in [-0.2, -0.15) is 0 Å². The third-order valence-corrected chi connectivity index (χ3v) is 4.58. The van der Waals surface area contributed by atoms with Crippen molar-refractivity contribution in [3.05, 3.63) is 28.8 Å². The second-order valence-electron chi connectivity index (χ2n) is 5.96. The Morgan fingerprint density at radius 1 is 1.21 bits per heavy atom. The molecule has 0 amide bonds. The SMILES string of the molecule is CC(C)C1CCN(c2ccc([C@H](C)O)cc2Cl)CC1. The Balaban J connectivity index is 2.07. The fourth-order valence-electron chi connectivity index (χ4n) is 2.85. The van der Waals surface area contributed by atoms with Crippen molar-refractivity contribution in [2.45, 2.75) is 39.7 Å². The van der Waals surface area contributed by atoms with Gasteiger partial charge in [0.15, 0.2) is 0 Å². The average molecular weight is 282 g/mol. The van der Waals surface area contributed by atoms with E-state index in [-0.39, 0.29) is 0 Å². The Morgan fingerprint density at radius 2 is 1.84 bits per heavy atom. The molecule has 0 spiro atoms. The van der Waals surface area contributed by atoms with Crippen LogP contribution in [0.4, 0.5) is 5.69 Å². The molecular formula is C16H24ClNO. The first-order valence-corrected chi connectivity index (χ1v) is 7.59. The summed E-state index contributed by atoms with van der Waals surface area (Å²) >= 11 is 6.35. The number of hydrogen-bond donors (Lipinski definition) is 1. The van der Waals surface area contributed by atoms with Gasteiger partial charge in [-0.3, -0.25) is 0 Å². The van der Waals surface area contributed by atoms with Crippen LogP contribution < -0.4 is 4.90 Å². The molecule has 0 aliphatic carbocycles. The monoisotopic (exact) mass is 281 g/mol. The topological polar surface area (TPSA) is 23.5 Å². The van der Waals surface area contributed by atoms with Gasteiger partial charge in [0, 0.05) is 13.1 Å². The number of anilines is 1. The minimum atomic E-state index is -0.460. The van der Waals surface area contributed by atoms with Crippen molar-refractivity contribution in [1.82, 2.24) is 0 Å². The Hall–Kier alpha value is -0.730. The minimum Gasteiger partial charge on any atom is -0.389 e. The molecule has 19 heavy (non-hydrogen) atoms. The number of rotatable bonds is 3. The van der Waals surface area contributed by atoms with E-state index >= 15 is 0 Å². The molecule has 1 aliphatic heterocycles. The predicted molar refractivity (Wildman–Crippen MR) is 81.9 cm³/mol. The van der Waals surface area contributed by atoms with Gasteiger partial charge in [0.1, 0.15) is 0 Å². The van der Waals surface area contributed by atoms with Crippen LogP contribution in [0.2, 0.25) is 5.02 Å². The van der Waals surface area contributed by atoms with Crippen molar-refractivity contribution in [2.24, 2.45) is 11.8 Å². The summed E-state index contributed by atoms with van der Waals surface area (Å²) in [6.07, 6.45) is 2.02. The van der Waals surface area contributed by atoms with E-state index in [1.54, 1.807) is 6.92 Å². The van der Waals surface area contributed by atoms with Crippen molar-refractivity contribution in [1.29, 1.82) is 0 Å². The zero-order valence-electron chi connectivity index (χ0n) is 12.1. The largest absolute Gasteiger partial charge is 0.389 e. The maximum atomic E-state index is 9.57. The van der Waals surface area contributed by atoms with Crippen molar-refractivity contribution < 1.29 is 5.11 Å². The van der Waals surface area contributed by atoms with Gasteiger partial charge < -0.3 is 10.0 Å². The molecule has 1 N–H and O–H groups in total. The lowest BCUT2D eigenvalue weighted by Crippen LogP contribution is -2.35. The zero-order chi connectivity index (χ0) is 14.0. The van der Waals surface area contributed by atoms with Gasteiger partial charge in [-0.1, -0.05) is 31.5 Å². The van der Waals surface area contributed by atoms with E-state index < -0.39 is 6.10 Å². The standard InChI is InChI=1S/C16H24ClNO/c1-11(2)13-6-8-18(9-7-13)16-5-4-14(12(3)19)10-15(16)17/h4-5,10-13,19H,6-9H2,1-3H3/t12-/m0/s1. The van der Waals surface area contributed by atoms with Crippen LogP contribution >= 0.6 is 11.6 Å². The van der Waals surface area contributed by atoms with E-state index in [2.05, 4.69) is 18.7 Å². The van der Waals surface area contributed by atoms with Crippen molar-refractivity contribution in [3.8, 4) is 0 Å². The highest BCUT2D eigenvalue weighted by Crippen LogP contribution is 2.33. The van der Waals surface area contributed by atoms with Crippen molar-refractivity contribution in [2.75, 3.05) is 18.0 Å². The highest BCUT2D eigenvalue weighted by Gasteiger charge is 2.22. The molecule has 1 aromatic rings. The van der Waals surface area contributed by atoms with E-state index in [1.807, 2.05) is 18.2 Å². The van der Waals surface area contributed by atoms with E-state index in [9.17, 15) is 5.11 Å². The Bertz CT molecular complexity index is 423. The third kappa shape index (κ3) is 3.43. The van der Waals surface area contributed by atoms with Crippen LogP contribution in [0.5, 0.6) is 0 Å². The number of piperidine rings is 1. The molecular weight excluding hydrogens is 258 g/mol. The molecule has 1 aliphatic rings. The molecule has 2 nitrogen and oxygen atoms in total. The van der Waals surface area contributed by atoms with Gasteiger partial charge in [-0.25, -0.2) is 0 Å². The first-order valence-electron chi connectivity index (χ1n) is 7.21. The predicted octanol–water partition coefficient (Wildman–Crippen LogP) is 4.27. The lowest BCUT2D eigenvalue weighted by molar-refractivity contribution is 0.199. The van der Waals surface area contributed by atoms with E-state index in [0.29, 0.717) is 0 Å². The first kappa shape index (κ1) is 14.7. The summed E-state index contributed by atoms with van der Waals surface area (Å²) in [5.41, 5.74) is 1.99. The molecule has 1 heterocycles. The zero-order valence-corrected chi connectivity index (χ0v) is 12.8. The summed E-state index contributed by atoms with van der Waals surface area (Å²) in [5, 5.41) is 10.3. The molecule has 0 radical (unpaired) electrons. The van der Waals surface area contributed by atoms with Crippen LogP contribution in [0.15, 0.2) is 18.2 Å². The summed E-state index contributed by atoms with van der Waals surface area (Å²) in [6, 6.07) is 5.90.